The van der Waals surface area contributed by atoms with Gasteiger partial charge in [0.05, 0.1) is 13.6 Å². The maximum absolute atomic E-state index is 14.4. The number of quaternary nitrogens is 1. The first kappa shape index (κ1) is 11.4. The van der Waals surface area contributed by atoms with Crippen LogP contribution >= 0.6 is 0 Å². The van der Waals surface area contributed by atoms with Crippen molar-refractivity contribution in [3.8, 4) is 0 Å². The van der Waals surface area contributed by atoms with Crippen molar-refractivity contribution in [2.75, 3.05) is 20.1 Å². The lowest BCUT2D eigenvalue weighted by Gasteiger charge is -2.34. The van der Waals surface area contributed by atoms with Gasteiger partial charge in [0.2, 0.25) is 0 Å². The molecule has 0 bridgehead atoms. The van der Waals surface area contributed by atoms with E-state index in [-0.39, 0.29) is 25.1 Å². The summed E-state index contributed by atoms with van der Waals surface area (Å²) in [4.78, 5) is 0. The van der Waals surface area contributed by atoms with Gasteiger partial charge in [-0.15, -0.1) is 0 Å². The first-order valence-electron chi connectivity index (χ1n) is 5.03. The van der Waals surface area contributed by atoms with Crippen LogP contribution in [-0.4, -0.2) is 24.8 Å². The Kier molecular flexibility index (Phi) is 2.47. The fourth-order valence-electron chi connectivity index (χ4n) is 2.17. The molecule has 0 aliphatic carbocycles. The molecule has 16 heavy (non-hydrogen) atoms. The summed E-state index contributed by atoms with van der Waals surface area (Å²) in [6, 6.07) is 3.38. The molecule has 0 saturated carbocycles. The van der Waals surface area contributed by atoms with Crippen molar-refractivity contribution < 1.29 is 17.8 Å². The van der Waals surface area contributed by atoms with Gasteiger partial charge in [-0.3, -0.25) is 0 Å². The third kappa shape index (κ3) is 1.81. The molecule has 1 heterocycles. The van der Waals surface area contributed by atoms with E-state index in [2.05, 4.69) is 0 Å². The zero-order chi connectivity index (χ0) is 12.0. The molecule has 0 radical (unpaired) electrons. The van der Waals surface area contributed by atoms with Gasteiger partial charge in [0.1, 0.15) is 6.54 Å². The molecule has 5 heteroatoms. The molecule has 1 aliphatic heterocycles. The zero-order valence-corrected chi connectivity index (χ0v) is 8.84. The Hall–Kier alpha value is -1.07. The van der Waals surface area contributed by atoms with Crippen LogP contribution < -0.4 is 0 Å². The highest BCUT2D eigenvalue weighted by atomic mass is 19.2. The Morgan fingerprint density at radius 3 is 2.62 bits per heavy atom. The molecule has 2 atom stereocenters. The second kappa shape index (κ2) is 3.46. The van der Waals surface area contributed by atoms with E-state index >= 15 is 0 Å². The summed E-state index contributed by atoms with van der Waals surface area (Å²) in [6.07, 6.45) is -0.0760. The lowest BCUT2D eigenvalue weighted by atomic mass is 9.94. The molecular formula is C11H12F3NO. The first-order valence-corrected chi connectivity index (χ1v) is 5.03. The summed E-state index contributed by atoms with van der Waals surface area (Å²) in [5, 5.41) is 11.6. The predicted octanol–water partition coefficient (Wildman–Crippen LogP) is 2.48. The number of nitrogens with zero attached hydrogens (tertiary/aromatic N) is 1. The average molecular weight is 231 g/mol. The number of hydrogen-bond donors (Lipinski definition) is 0. The van der Waals surface area contributed by atoms with Crippen LogP contribution in [0.4, 0.5) is 13.2 Å². The minimum absolute atomic E-state index is 0.0758. The number of alkyl halides is 1. The summed E-state index contributed by atoms with van der Waals surface area (Å²) in [5.74, 6) is -2.27. The summed E-state index contributed by atoms with van der Waals surface area (Å²) >= 11 is 0. The van der Waals surface area contributed by atoms with Crippen molar-refractivity contribution >= 4 is 0 Å². The lowest BCUT2D eigenvalue weighted by molar-refractivity contribution is -0.850. The molecule has 1 aromatic carbocycles. The highest BCUT2D eigenvalue weighted by molar-refractivity contribution is 5.26. The van der Waals surface area contributed by atoms with E-state index in [4.69, 9.17) is 0 Å². The second-order valence-electron chi connectivity index (χ2n) is 4.50. The average Bonchev–Trinajstić information content (AvgIpc) is 2.46. The minimum atomic E-state index is -2.05. The van der Waals surface area contributed by atoms with Crippen LogP contribution in [0.3, 0.4) is 0 Å². The fourth-order valence-corrected chi connectivity index (χ4v) is 2.17. The van der Waals surface area contributed by atoms with Crippen molar-refractivity contribution in [3.05, 3.63) is 40.6 Å². The molecule has 1 aliphatic rings. The van der Waals surface area contributed by atoms with Crippen LogP contribution in [0.1, 0.15) is 12.0 Å². The molecule has 1 fully saturated rings. The third-order valence-corrected chi connectivity index (χ3v) is 3.00. The van der Waals surface area contributed by atoms with Crippen LogP contribution in [-0.2, 0) is 5.67 Å². The number of rotatable bonds is 1. The van der Waals surface area contributed by atoms with Crippen LogP contribution in [0.25, 0.3) is 0 Å². The summed E-state index contributed by atoms with van der Waals surface area (Å²) < 4.78 is 40.0. The van der Waals surface area contributed by atoms with Crippen molar-refractivity contribution in [1.29, 1.82) is 0 Å². The van der Waals surface area contributed by atoms with Gasteiger partial charge < -0.3 is 9.85 Å². The van der Waals surface area contributed by atoms with E-state index in [0.29, 0.717) is 0 Å². The molecule has 0 aromatic heterocycles. The quantitative estimate of drug-likeness (QED) is 0.538. The van der Waals surface area contributed by atoms with Gasteiger partial charge in [0.15, 0.2) is 17.3 Å². The molecule has 1 saturated heterocycles. The van der Waals surface area contributed by atoms with Gasteiger partial charge >= 0.3 is 0 Å². The van der Waals surface area contributed by atoms with Crippen LogP contribution in [0.2, 0.25) is 0 Å². The number of halogens is 3. The monoisotopic (exact) mass is 231 g/mol. The highest BCUT2D eigenvalue weighted by Gasteiger charge is 2.46. The Morgan fingerprint density at radius 1 is 1.38 bits per heavy atom. The van der Waals surface area contributed by atoms with Crippen molar-refractivity contribution in [2.45, 2.75) is 12.1 Å². The van der Waals surface area contributed by atoms with Crippen LogP contribution in [0, 0.1) is 16.8 Å². The molecule has 2 rings (SSSR count). The number of likely N-dealkylation sites (N-methyl/N-ethyl adjacent to an activating group) is 1. The molecule has 1 aromatic rings. The Labute approximate surface area is 91.5 Å². The molecule has 0 N–H and O–H groups in total. The smallest absolute Gasteiger partial charge is 0.192 e. The second-order valence-corrected chi connectivity index (χ2v) is 4.50. The SMILES string of the molecule is C[N+]1([O-])CCC(F)(c2cccc(F)c2F)C1. The largest absolute Gasteiger partial charge is 0.633 e. The van der Waals surface area contributed by atoms with E-state index in [1.807, 2.05) is 0 Å². The van der Waals surface area contributed by atoms with Gasteiger partial charge in [0, 0.05) is 12.0 Å². The molecular weight excluding hydrogens is 219 g/mol. The molecule has 0 amide bonds. The summed E-state index contributed by atoms with van der Waals surface area (Å²) in [6.45, 7) is -0.292. The topological polar surface area (TPSA) is 23.1 Å². The van der Waals surface area contributed by atoms with Crippen molar-refractivity contribution in [3.63, 3.8) is 0 Å². The van der Waals surface area contributed by atoms with Crippen molar-refractivity contribution in [1.82, 2.24) is 0 Å². The molecule has 2 nitrogen and oxygen atoms in total. The Bertz CT molecular complexity index is 422. The molecule has 88 valence electrons. The van der Waals surface area contributed by atoms with Gasteiger partial charge in [-0.05, 0) is 6.07 Å². The van der Waals surface area contributed by atoms with Crippen LogP contribution in [0.5, 0.6) is 0 Å². The number of likely N-dealkylation sites (tertiary alicyclic amines) is 1. The molecule has 2 unspecified atom stereocenters. The van der Waals surface area contributed by atoms with E-state index in [9.17, 15) is 18.4 Å². The maximum atomic E-state index is 14.4. The van der Waals surface area contributed by atoms with Gasteiger partial charge in [0.25, 0.3) is 0 Å². The van der Waals surface area contributed by atoms with Gasteiger partial charge in [-0.25, -0.2) is 13.2 Å². The van der Waals surface area contributed by atoms with E-state index < -0.39 is 21.9 Å². The van der Waals surface area contributed by atoms with E-state index in [0.717, 1.165) is 6.07 Å². The predicted molar refractivity (Wildman–Crippen MR) is 53.0 cm³/mol. The van der Waals surface area contributed by atoms with Gasteiger partial charge in [-0.1, -0.05) is 12.1 Å². The highest BCUT2D eigenvalue weighted by Crippen LogP contribution is 2.39. The lowest BCUT2D eigenvalue weighted by Crippen LogP contribution is -2.37. The Balaban J connectivity index is 2.42. The summed E-state index contributed by atoms with van der Waals surface area (Å²) in [7, 11) is 1.33. The number of hydroxylamine groups is 3. The first-order chi connectivity index (χ1) is 7.34. The summed E-state index contributed by atoms with van der Waals surface area (Å²) in [5.41, 5.74) is -2.40. The van der Waals surface area contributed by atoms with Gasteiger partial charge in [-0.2, -0.15) is 0 Å². The van der Waals surface area contributed by atoms with Crippen molar-refractivity contribution in [2.24, 2.45) is 0 Å². The number of benzene rings is 1. The van der Waals surface area contributed by atoms with Crippen LogP contribution in [0.15, 0.2) is 18.2 Å². The van der Waals surface area contributed by atoms with E-state index in [1.54, 1.807) is 0 Å². The zero-order valence-electron chi connectivity index (χ0n) is 8.84. The standard InChI is InChI=1S/C11H12F3NO/c1-15(16)6-5-11(14,7-15)8-3-2-4-9(12)10(8)13/h2-4H,5-7H2,1H3. The molecule has 0 spiro atoms. The van der Waals surface area contributed by atoms with E-state index in [1.165, 1.54) is 19.2 Å². The third-order valence-electron chi connectivity index (χ3n) is 3.00. The minimum Gasteiger partial charge on any atom is -0.633 e. The number of hydrogen-bond acceptors (Lipinski definition) is 1. The Morgan fingerprint density at radius 2 is 2.06 bits per heavy atom. The fraction of sp³-hybridized carbons (Fsp3) is 0.455. The normalized spacial score (nSPS) is 34.3. The maximum Gasteiger partial charge on any atom is 0.192 e.